The van der Waals surface area contributed by atoms with Gasteiger partial charge >= 0.3 is 0 Å². The van der Waals surface area contributed by atoms with Crippen LogP contribution in [0.15, 0.2) is 40.9 Å². The summed E-state index contributed by atoms with van der Waals surface area (Å²) in [5, 5.41) is 13.0. The minimum absolute atomic E-state index is 0. The van der Waals surface area contributed by atoms with E-state index in [2.05, 4.69) is 32.4 Å². The Labute approximate surface area is 166 Å². The average molecular weight is 410 g/mol. The van der Waals surface area contributed by atoms with E-state index in [1.54, 1.807) is 0 Å². The number of halogens is 1. The molecule has 138 valence electrons. The van der Waals surface area contributed by atoms with Crippen LogP contribution in [0, 0.1) is 0 Å². The number of anilines is 1. The molecule has 9 heteroatoms. The molecule has 0 radical (unpaired) electrons. The third-order valence-corrected chi connectivity index (χ3v) is 5.04. The Kier molecular flexibility index (Phi) is 8.08. The molecule has 0 bridgehead atoms. The summed E-state index contributed by atoms with van der Waals surface area (Å²) in [7, 11) is 0. The second-order valence-electron chi connectivity index (χ2n) is 5.41. The molecule has 2 aromatic heterocycles. The fraction of sp³-hybridized carbons (Fsp3) is 0.294. The number of aromatic amines is 1. The van der Waals surface area contributed by atoms with Gasteiger partial charge in [0.05, 0.1) is 11.4 Å². The van der Waals surface area contributed by atoms with Gasteiger partial charge in [-0.05, 0) is 6.42 Å². The van der Waals surface area contributed by atoms with Gasteiger partial charge in [0.1, 0.15) is 5.82 Å². The van der Waals surface area contributed by atoms with Crippen molar-refractivity contribution in [3.05, 3.63) is 41.5 Å². The lowest BCUT2D eigenvalue weighted by molar-refractivity contribution is -0.113. The van der Waals surface area contributed by atoms with E-state index < -0.39 is 0 Å². The van der Waals surface area contributed by atoms with Gasteiger partial charge in [-0.25, -0.2) is 9.97 Å². The minimum atomic E-state index is -0.112. The Bertz CT molecular complexity index is 821. The van der Waals surface area contributed by atoms with Gasteiger partial charge in [0.25, 0.3) is 0 Å². The number of nitrogens with one attached hydrogen (secondary N) is 2. The lowest BCUT2D eigenvalue weighted by Gasteiger charge is -1.99. The summed E-state index contributed by atoms with van der Waals surface area (Å²) in [6.07, 6.45) is 3.08. The van der Waals surface area contributed by atoms with Crippen LogP contribution in [0.2, 0.25) is 0 Å². The van der Waals surface area contributed by atoms with Crippen LogP contribution in [-0.2, 0) is 11.2 Å². The van der Waals surface area contributed by atoms with E-state index in [0.717, 1.165) is 36.3 Å². The number of amides is 1. The SMILES string of the molecule is CCCCc1nc(SCC(=O)Nc2nc(-c3ccccc3)cs2)n[nH]1.Cl. The molecule has 0 saturated heterocycles. The van der Waals surface area contributed by atoms with E-state index in [0.29, 0.717) is 10.3 Å². The number of rotatable bonds is 8. The number of benzene rings is 1. The average Bonchev–Trinajstić information content (AvgIpc) is 3.28. The zero-order valence-electron chi connectivity index (χ0n) is 14.3. The van der Waals surface area contributed by atoms with Crippen molar-refractivity contribution < 1.29 is 4.79 Å². The number of hydrogen-bond donors (Lipinski definition) is 2. The Morgan fingerprint density at radius 1 is 1.27 bits per heavy atom. The normalized spacial score (nSPS) is 10.3. The number of nitrogens with zero attached hydrogens (tertiary/aromatic N) is 3. The van der Waals surface area contributed by atoms with Crippen molar-refractivity contribution >= 4 is 46.5 Å². The summed E-state index contributed by atoms with van der Waals surface area (Å²) in [6, 6.07) is 9.89. The zero-order valence-corrected chi connectivity index (χ0v) is 16.7. The van der Waals surface area contributed by atoms with Crippen LogP contribution < -0.4 is 5.32 Å². The molecule has 0 spiro atoms. The van der Waals surface area contributed by atoms with E-state index in [-0.39, 0.29) is 24.1 Å². The molecule has 0 atom stereocenters. The molecule has 1 aromatic carbocycles. The fourth-order valence-corrected chi connectivity index (χ4v) is 3.51. The lowest BCUT2D eigenvalue weighted by Crippen LogP contribution is -2.13. The third-order valence-electron chi connectivity index (χ3n) is 3.43. The Morgan fingerprint density at radius 3 is 2.85 bits per heavy atom. The highest BCUT2D eigenvalue weighted by Gasteiger charge is 2.10. The number of aromatic nitrogens is 4. The fourth-order valence-electron chi connectivity index (χ4n) is 2.16. The van der Waals surface area contributed by atoms with E-state index in [9.17, 15) is 4.79 Å². The molecule has 6 nitrogen and oxygen atoms in total. The Morgan fingerprint density at radius 2 is 2.08 bits per heavy atom. The first kappa shape index (κ1) is 20.4. The lowest BCUT2D eigenvalue weighted by atomic mass is 10.2. The molecule has 3 aromatic rings. The van der Waals surface area contributed by atoms with Crippen molar-refractivity contribution in [2.75, 3.05) is 11.1 Å². The Balaban J connectivity index is 0.00000243. The van der Waals surface area contributed by atoms with Crippen LogP contribution in [0.4, 0.5) is 5.13 Å². The van der Waals surface area contributed by atoms with Crippen molar-refractivity contribution in [3.63, 3.8) is 0 Å². The highest BCUT2D eigenvalue weighted by molar-refractivity contribution is 7.99. The van der Waals surface area contributed by atoms with Crippen molar-refractivity contribution in [1.82, 2.24) is 20.2 Å². The minimum Gasteiger partial charge on any atom is -0.301 e. The molecule has 0 unspecified atom stereocenters. The smallest absolute Gasteiger partial charge is 0.236 e. The first-order valence-corrected chi connectivity index (χ1v) is 9.96. The predicted molar refractivity (Wildman–Crippen MR) is 109 cm³/mol. The second kappa shape index (κ2) is 10.3. The van der Waals surface area contributed by atoms with Gasteiger partial charge in [-0.15, -0.1) is 28.8 Å². The number of thiazole rings is 1. The largest absolute Gasteiger partial charge is 0.301 e. The summed E-state index contributed by atoms with van der Waals surface area (Å²) in [5.74, 6) is 1.02. The standard InChI is InChI=1S/C17H19N5OS2.ClH/c1-2-3-9-14-19-17(22-21-14)25-11-15(23)20-16-18-13(10-24-16)12-7-5-4-6-8-12;/h4-8,10H,2-3,9,11H2,1H3,(H,18,20,23)(H,19,21,22);1H. The van der Waals surface area contributed by atoms with E-state index in [1.807, 2.05) is 35.7 Å². The van der Waals surface area contributed by atoms with Gasteiger partial charge in [0.15, 0.2) is 5.13 Å². The number of aryl methyl sites for hydroxylation is 1. The number of hydrogen-bond acceptors (Lipinski definition) is 6. The van der Waals surface area contributed by atoms with Crippen LogP contribution in [0.25, 0.3) is 11.3 Å². The number of H-pyrrole nitrogens is 1. The number of thioether (sulfide) groups is 1. The van der Waals surface area contributed by atoms with Gasteiger partial charge in [0, 0.05) is 17.4 Å². The van der Waals surface area contributed by atoms with E-state index >= 15 is 0 Å². The summed E-state index contributed by atoms with van der Waals surface area (Å²) in [5.41, 5.74) is 1.90. The molecular formula is C17H20ClN5OS2. The van der Waals surface area contributed by atoms with E-state index in [1.165, 1.54) is 23.1 Å². The van der Waals surface area contributed by atoms with Crippen molar-refractivity contribution in [2.24, 2.45) is 0 Å². The monoisotopic (exact) mass is 409 g/mol. The van der Waals surface area contributed by atoms with Crippen LogP contribution in [0.1, 0.15) is 25.6 Å². The van der Waals surface area contributed by atoms with Gasteiger partial charge in [-0.1, -0.05) is 55.4 Å². The van der Waals surface area contributed by atoms with Crippen LogP contribution in [0.3, 0.4) is 0 Å². The molecule has 26 heavy (non-hydrogen) atoms. The van der Waals surface area contributed by atoms with Crippen LogP contribution >= 0.6 is 35.5 Å². The van der Waals surface area contributed by atoms with Crippen LogP contribution in [0.5, 0.6) is 0 Å². The highest BCUT2D eigenvalue weighted by atomic mass is 35.5. The maximum atomic E-state index is 12.1. The molecule has 0 fully saturated rings. The Hall–Kier alpha value is -1.90. The maximum absolute atomic E-state index is 12.1. The molecule has 2 N–H and O–H groups in total. The first-order chi connectivity index (χ1) is 12.2. The molecule has 2 heterocycles. The van der Waals surface area contributed by atoms with Gasteiger partial charge in [-0.2, -0.15) is 0 Å². The summed E-state index contributed by atoms with van der Waals surface area (Å²) < 4.78 is 0. The van der Waals surface area contributed by atoms with Crippen molar-refractivity contribution in [2.45, 2.75) is 31.3 Å². The van der Waals surface area contributed by atoms with Crippen molar-refractivity contribution in [1.29, 1.82) is 0 Å². The topological polar surface area (TPSA) is 83.6 Å². The van der Waals surface area contributed by atoms with Gasteiger partial charge in [-0.3, -0.25) is 9.89 Å². The predicted octanol–water partition coefficient (Wildman–Crippen LogP) is 4.42. The maximum Gasteiger partial charge on any atom is 0.236 e. The molecule has 0 aliphatic rings. The zero-order chi connectivity index (χ0) is 17.5. The second-order valence-corrected chi connectivity index (χ2v) is 7.21. The molecule has 0 aliphatic carbocycles. The van der Waals surface area contributed by atoms with E-state index in [4.69, 9.17) is 0 Å². The molecule has 0 aliphatic heterocycles. The summed E-state index contributed by atoms with van der Waals surface area (Å²) in [4.78, 5) is 20.9. The summed E-state index contributed by atoms with van der Waals surface area (Å²) in [6.45, 7) is 2.14. The van der Waals surface area contributed by atoms with Gasteiger partial charge in [0.2, 0.25) is 11.1 Å². The number of carbonyl (C=O) groups is 1. The van der Waals surface area contributed by atoms with Crippen LogP contribution in [-0.4, -0.2) is 31.8 Å². The molecule has 1 amide bonds. The number of unbranched alkanes of at least 4 members (excludes halogenated alkanes) is 1. The molecular weight excluding hydrogens is 390 g/mol. The first-order valence-electron chi connectivity index (χ1n) is 8.09. The van der Waals surface area contributed by atoms with Gasteiger partial charge < -0.3 is 5.32 Å². The number of carbonyl (C=O) groups excluding carboxylic acids is 1. The highest BCUT2D eigenvalue weighted by Crippen LogP contribution is 2.24. The summed E-state index contributed by atoms with van der Waals surface area (Å²) >= 11 is 2.73. The molecule has 0 saturated carbocycles. The quantitative estimate of drug-likeness (QED) is 0.538. The molecule has 3 rings (SSSR count). The van der Waals surface area contributed by atoms with Crippen molar-refractivity contribution in [3.8, 4) is 11.3 Å². The third kappa shape index (κ3) is 5.82.